The number of nitrogens with one attached hydrogen (secondary N) is 4. The molecule has 0 atom stereocenters. The maximum absolute atomic E-state index is 12.6. The lowest BCUT2D eigenvalue weighted by Crippen LogP contribution is -2.44. The van der Waals surface area contributed by atoms with Gasteiger partial charge in [-0.3, -0.25) is 4.72 Å². The van der Waals surface area contributed by atoms with Gasteiger partial charge >= 0.3 is 6.03 Å². The molecular weight excluding hydrogens is 428 g/mol. The first-order valence-electron chi connectivity index (χ1n) is 10.8. The van der Waals surface area contributed by atoms with E-state index in [9.17, 15) is 13.2 Å². The van der Waals surface area contributed by atoms with E-state index in [4.69, 9.17) is 10.7 Å². The molecule has 2 amide bonds. The van der Waals surface area contributed by atoms with Crippen LogP contribution < -0.4 is 21.1 Å². The molecule has 6 N–H and O–H groups in total. The molecule has 1 aliphatic rings. The van der Waals surface area contributed by atoms with Crippen LogP contribution in [0.3, 0.4) is 0 Å². The molecule has 1 heterocycles. The molecule has 32 heavy (non-hydrogen) atoms. The summed E-state index contributed by atoms with van der Waals surface area (Å²) < 4.78 is 27.8. The van der Waals surface area contributed by atoms with Gasteiger partial charge in [-0.25, -0.2) is 18.2 Å². The average molecular weight is 457 g/mol. The number of aromatic amines is 1. The number of rotatable bonds is 7. The molecule has 0 bridgehead atoms. The number of hydrogen-bond donors (Lipinski definition) is 5. The number of nitrogens with zero attached hydrogens (tertiary/aromatic N) is 1. The minimum atomic E-state index is -3.65. The molecule has 0 spiro atoms. The van der Waals surface area contributed by atoms with E-state index in [-0.39, 0.29) is 22.9 Å². The first kappa shape index (κ1) is 22.1. The van der Waals surface area contributed by atoms with Crippen LogP contribution in [0.5, 0.6) is 0 Å². The van der Waals surface area contributed by atoms with Crippen molar-refractivity contribution in [1.82, 2.24) is 20.6 Å². The van der Waals surface area contributed by atoms with Crippen LogP contribution in [0.25, 0.3) is 11.0 Å². The van der Waals surface area contributed by atoms with Crippen molar-refractivity contribution in [2.75, 3.05) is 17.8 Å². The lowest BCUT2D eigenvalue weighted by Gasteiger charge is -2.28. The number of imidazole rings is 1. The number of carbonyl (C=O) groups excluding carboxylic acids is 1. The molecule has 4 rings (SSSR count). The number of anilines is 1. The Labute approximate surface area is 187 Å². The molecule has 0 saturated heterocycles. The number of sulfonamides is 1. The van der Waals surface area contributed by atoms with E-state index >= 15 is 0 Å². The van der Waals surface area contributed by atoms with E-state index in [0.29, 0.717) is 18.8 Å². The topological polar surface area (TPSA) is 142 Å². The molecular formula is C22H28N6O3S. The summed E-state index contributed by atoms with van der Waals surface area (Å²) in [6.07, 6.45) is 3.57. The van der Waals surface area contributed by atoms with Crippen LogP contribution >= 0.6 is 0 Å². The Balaban J connectivity index is 1.40. The molecule has 170 valence electrons. The lowest BCUT2D eigenvalue weighted by atomic mass is 9.85. The SMILES string of the molecule is NCCNC(=O)NC1CCC(c2nc3ccc(NS(=O)(=O)c4ccccc4)cc3[nH]2)CC1. The molecule has 10 heteroatoms. The highest BCUT2D eigenvalue weighted by Crippen LogP contribution is 2.33. The van der Waals surface area contributed by atoms with Crippen LogP contribution in [0.15, 0.2) is 53.4 Å². The highest BCUT2D eigenvalue weighted by Gasteiger charge is 2.25. The Hall–Kier alpha value is -3.11. The standard InChI is InChI=1S/C22H28N6O3S/c23-12-13-24-22(29)25-16-8-6-15(7-9-16)21-26-19-11-10-17(14-20(19)27-21)28-32(30,31)18-4-2-1-3-5-18/h1-5,10-11,14-16,28H,6-9,12-13,23H2,(H,26,27)(H2,24,25,29). The Kier molecular flexibility index (Phi) is 6.61. The number of aromatic nitrogens is 2. The number of amides is 2. The maximum Gasteiger partial charge on any atom is 0.315 e. The highest BCUT2D eigenvalue weighted by atomic mass is 32.2. The second-order valence-corrected chi connectivity index (χ2v) is 9.69. The van der Waals surface area contributed by atoms with Crippen molar-refractivity contribution in [3.8, 4) is 0 Å². The zero-order chi connectivity index (χ0) is 22.6. The number of nitrogens with two attached hydrogens (primary N) is 1. The Bertz CT molecular complexity index is 1170. The van der Waals surface area contributed by atoms with Gasteiger partial charge in [0.15, 0.2) is 0 Å². The van der Waals surface area contributed by atoms with Gasteiger partial charge < -0.3 is 21.4 Å². The van der Waals surface area contributed by atoms with Gasteiger partial charge in [-0.15, -0.1) is 0 Å². The van der Waals surface area contributed by atoms with E-state index in [1.807, 2.05) is 6.07 Å². The zero-order valence-corrected chi connectivity index (χ0v) is 18.5. The van der Waals surface area contributed by atoms with Gasteiger partial charge in [0.25, 0.3) is 10.0 Å². The van der Waals surface area contributed by atoms with E-state index in [0.717, 1.165) is 42.5 Å². The first-order valence-corrected chi connectivity index (χ1v) is 12.2. The summed E-state index contributed by atoms with van der Waals surface area (Å²) in [7, 11) is -3.65. The van der Waals surface area contributed by atoms with Crippen LogP contribution in [0.1, 0.15) is 37.4 Å². The second-order valence-electron chi connectivity index (χ2n) is 8.01. The van der Waals surface area contributed by atoms with Gasteiger partial charge in [0, 0.05) is 25.0 Å². The smallest absolute Gasteiger partial charge is 0.315 e. The molecule has 0 unspecified atom stereocenters. The third kappa shape index (κ3) is 5.20. The van der Waals surface area contributed by atoms with Crippen LogP contribution in [0, 0.1) is 0 Å². The van der Waals surface area contributed by atoms with E-state index in [2.05, 4.69) is 20.3 Å². The van der Waals surface area contributed by atoms with Crippen LogP contribution in [-0.2, 0) is 10.0 Å². The number of benzene rings is 2. The molecule has 1 fully saturated rings. The quantitative estimate of drug-likeness (QED) is 0.371. The fourth-order valence-electron chi connectivity index (χ4n) is 4.03. The van der Waals surface area contributed by atoms with Crippen molar-refractivity contribution in [2.45, 2.75) is 42.5 Å². The van der Waals surface area contributed by atoms with Crippen molar-refractivity contribution in [1.29, 1.82) is 0 Å². The van der Waals surface area contributed by atoms with Crippen molar-refractivity contribution in [2.24, 2.45) is 5.73 Å². The molecule has 9 nitrogen and oxygen atoms in total. The normalized spacial score (nSPS) is 18.9. The van der Waals surface area contributed by atoms with Crippen molar-refractivity contribution < 1.29 is 13.2 Å². The molecule has 0 aliphatic heterocycles. The highest BCUT2D eigenvalue weighted by molar-refractivity contribution is 7.92. The van der Waals surface area contributed by atoms with Crippen LogP contribution in [0.4, 0.5) is 10.5 Å². The zero-order valence-electron chi connectivity index (χ0n) is 17.7. The third-order valence-corrected chi connectivity index (χ3v) is 7.08. The van der Waals surface area contributed by atoms with Gasteiger partial charge in [-0.05, 0) is 56.0 Å². The van der Waals surface area contributed by atoms with Gasteiger partial charge in [0.2, 0.25) is 0 Å². The summed E-state index contributed by atoms with van der Waals surface area (Å²) in [4.78, 5) is 20.1. The van der Waals surface area contributed by atoms with Crippen LogP contribution in [-0.4, -0.2) is 43.5 Å². The Morgan fingerprint density at radius 2 is 1.84 bits per heavy atom. The van der Waals surface area contributed by atoms with E-state index in [1.165, 1.54) is 0 Å². The monoisotopic (exact) mass is 456 g/mol. The van der Waals surface area contributed by atoms with E-state index < -0.39 is 10.0 Å². The maximum atomic E-state index is 12.6. The Morgan fingerprint density at radius 1 is 1.09 bits per heavy atom. The minimum Gasteiger partial charge on any atom is -0.342 e. The minimum absolute atomic E-state index is 0.146. The summed E-state index contributed by atoms with van der Waals surface area (Å²) >= 11 is 0. The summed E-state index contributed by atoms with van der Waals surface area (Å²) in [5, 5.41) is 5.72. The largest absolute Gasteiger partial charge is 0.342 e. The van der Waals surface area contributed by atoms with Gasteiger partial charge in [-0.2, -0.15) is 0 Å². The molecule has 1 saturated carbocycles. The van der Waals surface area contributed by atoms with Crippen molar-refractivity contribution in [3.05, 3.63) is 54.4 Å². The lowest BCUT2D eigenvalue weighted by molar-refractivity contribution is 0.231. The van der Waals surface area contributed by atoms with Crippen molar-refractivity contribution >= 4 is 32.8 Å². The molecule has 2 aromatic carbocycles. The summed E-state index contributed by atoms with van der Waals surface area (Å²) in [5.74, 6) is 1.17. The van der Waals surface area contributed by atoms with Crippen LogP contribution in [0.2, 0.25) is 0 Å². The number of urea groups is 1. The summed E-state index contributed by atoms with van der Waals surface area (Å²) in [6, 6.07) is 13.5. The molecule has 3 aromatic rings. The number of hydrogen-bond acceptors (Lipinski definition) is 5. The predicted molar refractivity (Wildman–Crippen MR) is 124 cm³/mol. The van der Waals surface area contributed by atoms with Crippen molar-refractivity contribution in [3.63, 3.8) is 0 Å². The predicted octanol–water partition coefficient (Wildman–Crippen LogP) is 2.65. The number of carbonyl (C=O) groups is 1. The molecule has 1 aliphatic carbocycles. The molecule has 1 aromatic heterocycles. The van der Waals surface area contributed by atoms with Gasteiger partial charge in [0.05, 0.1) is 21.6 Å². The average Bonchev–Trinajstić information content (AvgIpc) is 3.22. The third-order valence-electron chi connectivity index (χ3n) is 5.68. The summed E-state index contributed by atoms with van der Waals surface area (Å²) in [6.45, 7) is 0.880. The number of H-pyrrole nitrogens is 1. The van der Waals surface area contributed by atoms with Gasteiger partial charge in [0.1, 0.15) is 5.82 Å². The van der Waals surface area contributed by atoms with E-state index in [1.54, 1.807) is 42.5 Å². The summed E-state index contributed by atoms with van der Waals surface area (Å²) in [5.41, 5.74) is 7.47. The second kappa shape index (κ2) is 9.58. The fraction of sp³-hybridized carbons (Fsp3) is 0.364. The number of fused-ring (bicyclic) bond motifs is 1. The first-order chi connectivity index (χ1) is 15.4. The molecule has 0 radical (unpaired) electrons. The Morgan fingerprint density at radius 3 is 2.56 bits per heavy atom. The van der Waals surface area contributed by atoms with Gasteiger partial charge in [-0.1, -0.05) is 18.2 Å². The fourth-order valence-corrected chi connectivity index (χ4v) is 5.10.